The molecular formula is C14H15ClN2O3S. The summed E-state index contributed by atoms with van der Waals surface area (Å²) in [7, 11) is -1.38. The molecule has 0 spiro atoms. The highest BCUT2D eigenvalue weighted by Crippen LogP contribution is 2.28. The third-order valence-corrected chi connectivity index (χ3v) is 4.11. The maximum absolute atomic E-state index is 11.4. The third kappa shape index (κ3) is 4.17. The van der Waals surface area contributed by atoms with Gasteiger partial charge in [-0.3, -0.25) is 0 Å². The molecule has 0 amide bonds. The van der Waals surface area contributed by atoms with Gasteiger partial charge in [0.15, 0.2) is 9.84 Å². The normalized spacial score (nSPS) is 11.4. The van der Waals surface area contributed by atoms with Crippen LogP contribution in [0.2, 0.25) is 5.02 Å². The number of rotatable bonds is 5. The van der Waals surface area contributed by atoms with E-state index in [9.17, 15) is 8.42 Å². The first-order valence-corrected chi connectivity index (χ1v) is 8.44. The molecule has 0 atom stereocenters. The summed E-state index contributed by atoms with van der Waals surface area (Å²) in [4.78, 5) is 4.39. The molecule has 0 aliphatic heterocycles. The minimum absolute atomic E-state index is 0.235. The molecule has 2 rings (SSSR count). The first-order chi connectivity index (χ1) is 9.90. The van der Waals surface area contributed by atoms with Crippen LogP contribution in [0.5, 0.6) is 11.6 Å². The summed E-state index contributed by atoms with van der Waals surface area (Å²) in [6.07, 6.45) is 2.82. The van der Waals surface area contributed by atoms with Gasteiger partial charge in [0.25, 0.3) is 0 Å². The zero-order valence-corrected chi connectivity index (χ0v) is 13.2. The molecule has 1 N–H and O–H groups in total. The average Bonchev–Trinajstić information content (AvgIpc) is 2.42. The fourth-order valence-corrected chi connectivity index (χ4v) is 2.57. The van der Waals surface area contributed by atoms with E-state index in [0.717, 1.165) is 11.8 Å². The molecule has 0 bridgehead atoms. The van der Waals surface area contributed by atoms with Crippen molar-refractivity contribution in [3.8, 4) is 11.6 Å². The van der Waals surface area contributed by atoms with Crippen molar-refractivity contribution in [2.24, 2.45) is 0 Å². The van der Waals surface area contributed by atoms with Gasteiger partial charge in [-0.1, -0.05) is 11.6 Å². The number of pyridine rings is 1. The summed E-state index contributed by atoms with van der Waals surface area (Å²) in [5.41, 5.74) is 0.947. The molecule has 112 valence electrons. The molecule has 0 aliphatic rings. The number of benzene rings is 1. The molecule has 0 saturated carbocycles. The van der Waals surface area contributed by atoms with Crippen molar-refractivity contribution in [2.75, 3.05) is 13.3 Å². The standard InChI is InChI=1S/C14H15ClN2O3S/c1-16-8-10-7-13(15)14(17-9-10)20-11-3-5-12(6-4-11)21(2,18)19/h3-7,9,16H,8H2,1-2H3. The largest absolute Gasteiger partial charge is 0.438 e. The number of ether oxygens (including phenoxy) is 1. The predicted octanol–water partition coefficient (Wildman–Crippen LogP) is 2.65. The Hall–Kier alpha value is -1.63. The van der Waals surface area contributed by atoms with E-state index in [1.54, 1.807) is 24.4 Å². The van der Waals surface area contributed by atoms with E-state index in [1.807, 2.05) is 7.05 Å². The second kappa shape index (κ2) is 6.43. The number of hydrogen-bond donors (Lipinski definition) is 1. The van der Waals surface area contributed by atoms with Crippen molar-refractivity contribution < 1.29 is 13.2 Å². The van der Waals surface area contributed by atoms with Crippen LogP contribution in [0.1, 0.15) is 5.56 Å². The molecule has 2 aromatic rings. The van der Waals surface area contributed by atoms with Gasteiger partial charge in [0.2, 0.25) is 5.88 Å². The summed E-state index contributed by atoms with van der Waals surface area (Å²) >= 11 is 6.11. The van der Waals surface area contributed by atoms with Gasteiger partial charge >= 0.3 is 0 Å². The number of nitrogens with zero attached hydrogens (tertiary/aromatic N) is 1. The Labute approximate surface area is 128 Å². The number of hydrogen-bond acceptors (Lipinski definition) is 5. The fourth-order valence-electron chi connectivity index (χ4n) is 1.71. The maximum atomic E-state index is 11.4. The zero-order chi connectivity index (χ0) is 15.5. The van der Waals surface area contributed by atoms with E-state index < -0.39 is 9.84 Å². The highest BCUT2D eigenvalue weighted by Gasteiger charge is 2.09. The number of sulfone groups is 1. The van der Waals surface area contributed by atoms with Gasteiger partial charge in [-0.25, -0.2) is 13.4 Å². The lowest BCUT2D eigenvalue weighted by Gasteiger charge is -2.08. The minimum Gasteiger partial charge on any atom is -0.438 e. The number of aromatic nitrogens is 1. The molecule has 1 heterocycles. The third-order valence-electron chi connectivity index (χ3n) is 2.71. The van der Waals surface area contributed by atoms with E-state index in [2.05, 4.69) is 10.3 Å². The van der Waals surface area contributed by atoms with Gasteiger partial charge in [0.1, 0.15) is 10.8 Å². The Morgan fingerprint density at radius 1 is 1.29 bits per heavy atom. The van der Waals surface area contributed by atoms with Crippen LogP contribution in [0, 0.1) is 0 Å². The Morgan fingerprint density at radius 3 is 2.48 bits per heavy atom. The SMILES string of the molecule is CNCc1cnc(Oc2ccc(S(C)(=O)=O)cc2)c(Cl)c1. The molecular weight excluding hydrogens is 312 g/mol. The molecule has 0 unspecified atom stereocenters. The van der Waals surface area contributed by atoms with Crippen molar-refractivity contribution in [1.82, 2.24) is 10.3 Å². The van der Waals surface area contributed by atoms with Gasteiger partial charge in [0, 0.05) is 19.0 Å². The monoisotopic (exact) mass is 326 g/mol. The molecule has 0 aliphatic carbocycles. The van der Waals surface area contributed by atoms with Gasteiger partial charge in [-0.15, -0.1) is 0 Å². The first-order valence-electron chi connectivity index (χ1n) is 6.17. The first kappa shape index (κ1) is 15.8. The van der Waals surface area contributed by atoms with Crippen LogP contribution in [0.3, 0.4) is 0 Å². The molecule has 21 heavy (non-hydrogen) atoms. The summed E-state index contributed by atoms with van der Waals surface area (Å²) in [6, 6.07) is 7.86. The van der Waals surface area contributed by atoms with Crippen molar-refractivity contribution >= 4 is 21.4 Å². The molecule has 5 nitrogen and oxygen atoms in total. The molecule has 0 saturated heterocycles. The van der Waals surface area contributed by atoms with Gasteiger partial charge in [0.05, 0.1) is 4.90 Å². The average molecular weight is 327 g/mol. The van der Waals surface area contributed by atoms with Crippen LogP contribution < -0.4 is 10.1 Å². The van der Waals surface area contributed by atoms with Crippen molar-refractivity contribution in [3.63, 3.8) is 0 Å². The lowest BCUT2D eigenvalue weighted by Crippen LogP contribution is -2.05. The topological polar surface area (TPSA) is 68.3 Å². The van der Waals surface area contributed by atoms with Crippen LogP contribution in [0.25, 0.3) is 0 Å². The highest BCUT2D eigenvalue weighted by atomic mass is 35.5. The Morgan fingerprint density at radius 2 is 1.95 bits per heavy atom. The minimum atomic E-state index is -3.22. The van der Waals surface area contributed by atoms with Crippen LogP contribution in [-0.2, 0) is 16.4 Å². The number of halogens is 1. The lowest BCUT2D eigenvalue weighted by molar-refractivity contribution is 0.462. The molecule has 7 heteroatoms. The molecule has 0 radical (unpaired) electrons. The smallest absolute Gasteiger partial charge is 0.238 e. The van der Waals surface area contributed by atoms with Gasteiger partial charge in [-0.05, 0) is 42.9 Å². The molecule has 0 fully saturated rings. The summed E-state index contributed by atoms with van der Waals surface area (Å²) in [6.45, 7) is 0.663. The second-order valence-corrected chi connectivity index (χ2v) is 6.93. The van der Waals surface area contributed by atoms with E-state index in [1.165, 1.54) is 12.1 Å². The Kier molecular flexibility index (Phi) is 4.82. The lowest BCUT2D eigenvalue weighted by atomic mass is 10.3. The summed E-state index contributed by atoms with van der Waals surface area (Å²) in [5, 5.41) is 3.40. The van der Waals surface area contributed by atoms with Crippen molar-refractivity contribution in [3.05, 3.63) is 47.1 Å². The zero-order valence-electron chi connectivity index (χ0n) is 11.6. The van der Waals surface area contributed by atoms with Crippen molar-refractivity contribution in [2.45, 2.75) is 11.4 Å². The molecule has 1 aromatic heterocycles. The Balaban J connectivity index is 2.18. The second-order valence-electron chi connectivity index (χ2n) is 4.51. The highest BCUT2D eigenvalue weighted by molar-refractivity contribution is 7.90. The van der Waals surface area contributed by atoms with E-state index in [4.69, 9.17) is 16.3 Å². The van der Waals surface area contributed by atoms with E-state index >= 15 is 0 Å². The summed E-state index contributed by atoms with van der Waals surface area (Å²) < 4.78 is 28.3. The number of nitrogens with one attached hydrogen (secondary N) is 1. The van der Waals surface area contributed by atoms with Crippen LogP contribution in [0.15, 0.2) is 41.4 Å². The van der Waals surface area contributed by atoms with Gasteiger partial charge < -0.3 is 10.1 Å². The maximum Gasteiger partial charge on any atom is 0.238 e. The summed E-state index contributed by atoms with van der Waals surface area (Å²) in [5.74, 6) is 0.752. The van der Waals surface area contributed by atoms with Crippen molar-refractivity contribution in [1.29, 1.82) is 0 Å². The van der Waals surface area contributed by atoms with E-state index in [0.29, 0.717) is 17.3 Å². The quantitative estimate of drug-likeness (QED) is 0.914. The predicted molar refractivity (Wildman–Crippen MR) is 81.6 cm³/mol. The van der Waals surface area contributed by atoms with E-state index in [-0.39, 0.29) is 10.8 Å². The Bertz CT molecular complexity index is 730. The fraction of sp³-hybridized carbons (Fsp3) is 0.214. The van der Waals surface area contributed by atoms with Crippen LogP contribution in [0.4, 0.5) is 0 Å². The van der Waals surface area contributed by atoms with Crippen LogP contribution >= 0.6 is 11.6 Å². The van der Waals surface area contributed by atoms with Gasteiger partial charge in [-0.2, -0.15) is 0 Å². The molecule has 1 aromatic carbocycles. The van der Waals surface area contributed by atoms with Crippen LogP contribution in [-0.4, -0.2) is 26.7 Å².